The molecule has 2 aromatic carbocycles. The smallest absolute Gasteiger partial charge is 0.387 e. The number of hydrogen-bond acceptors (Lipinski definition) is 6. The van der Waals surface area contributed by atoms with Crippen LogP contribution < -0.4 is 9.84 Å². The third kappa shape index (κ3) is 5.28. The number of rotatable bonds is 7. The Balaban J connectivity index is 2.30. The van der Waals surface area contributed by atoms with E-state index < -0.39 is 17.5 Å². The minimum Gasteiger partial charge on any atom is -0.544 e. The fourth-order valence-corrected chi connectivity index (χ4v) is 2.63. The zero-order valence-corrected chi connectivity index (χ0v) is 13.2. The number of carboxylic acids is 1. The van der Waals surface area contributed by atoms with Gasteiger partial charge in [0.2, 0.25) is 0 Å². The average molecular weight is 366 g/mol. The minimum atomic E-state index is -3.05. The first-order chi connectivity index (χ1) is 11.9. The molecule has 25 heavy (non-hydrogen) atoms. The summed E-state index contributed by atoms with van der Waals surface area (Å²) in [5.41, 5.74) is -0.00424. The summed E-state index contributed by atoms with van der Waals surface area (Å²) in [5.74, 6) is -1.70. The van der Waals surface area contributed by atoms with Crippen LogP contribution in [-0.4, -0.2) is 17.5 Å². The molecule has 9 heteroatoms. The number of carbonyl (C=O) groups excluding carboxylic acids is 1. The van der Waals surface area contributed by atoms with Gasteiger partial charge in [0.15, 0.2) is 0 Å². The third-order valence-electron chi connectivity index (χ3n) is 2.90. The van der Waals surface area contributed by atoms with Gasteiger partial charge in [-0.2, -0.15) is 8.78 Å². The molecule has 0 fully saturated rings. The van der Waals surface area contributed by atoms with Gasteiger partial charge in [-0.25, -0.2) is 0 Å². The average Bonchev–Trinajstić information content (AvgIpc) is 2.55. The summed E-state index contributed by atoms with van der Waals surface area (Å²) in [6.45, 7) is -3.05. The Morgan fingerprint density at radius 3 is 2.36 bits per heavy atom. The summed E-state index contributed by atoms with van der Waals surface area (Å²) < 4.78 is 29.2. The number of thioether (sulfide) groups is 1. The van der Waals surface area contributed by atoms with Crippen LogP contribution >= 0.6 is 11.8 Å². The van der Waals surface area contributed by atoms with Crippen molar-refractivity contribution in [2.45, 2.75) is 11.5 Å². The molecule has 0 N–H and O–H groups in total. The Morgan fingerprint density at radius 2 is 1.80 bits per heavy atom. The zero-order chi connectivity index (χ0) is 18.4. The fraction of sp³-hybridized carbons (Fsp3) is 0.0625. The predicted octanol–water partition coefficient (Wildman–Crippen LogP) is 3.08. The summed E-state index contributed by atoms with van der Waals surface area (Å²) in [4.78, 5) is 21.5. The van der Waals surface area contributed by atoms with E-state index in [1.165, 1.54) is 48.5 Å². The first kappa shape index (κ1) is 18.4. The topological polar surface area (TPSA) is 92.5 Å². The van der Waals surface area contributed by atoms with Crippen molar-refractivity contribution in [2.24, 2.45) is 0 Å². The molecule has 0 aliphatic heterocycles. The first-order valence-electron chi connectivity index (χ1n) is 6.76. The molecule has 0 bridgehead atoms. The lowest BCUT2D eigenvalue weighted by atomic mass is 10.2. The van der Waals surface area contributed by atoms with Crippen LogP contribution in [-0.2, 0) is 4.79 Å². The quantitative estimate of drug-likeness (QED) is 0.324. The number of hydrogen-bond donors (Lipinski definition) is 0. The number of benzene rings is 2. The second kappa shape index (κ2) is 8.25. The molecule has 0 amide bonds. The number of para-hydroxylation sites is 1. The van der Waals surface area contributed by atoms with Gasteiger partial charge in [0, 0.05) is 27.5 Å². The number of ether oxygens (including phenoxy) is 1. The lowest BCUT2D eigenvalue weighted by Crippen LogP contribution is -2.23. The number of nitro benzene ring substituents is 1. The monoisotopic (exact) mass is 366 g/mol. The Bertz CT molecular complexity index is 808. The van der Waals surface area contributed by atoms with E-state index in [1.807, 2.05) is 0 Å². The van der Waals surface area contributed by atoms with Gasteiger partial charge in [0.25, 0.3) is 5.69 Å². The van der Waals surface area contributed by atoms with Crippen molar-refractivity contribution in [1.29, 1.82) is 0 Å². The number of aliphatic carboxylic acids is 1. The molecule has 0 atom stereocenters. The van der Waals surface area contributed by atoms with Crippen LogP contribution in [0.25, 0.3) is 6.08 Å². The van der Waals surface area contributed by atoms with Gasteiger partial charge >= 0.3 is 6.61 Å². The summed E-state index contributed by atoms with van der Waals surface area (Å²) in [5, 5.41) is 21.9. The van der Waals surface area contributed by atoms with E-state index in [1.54, 1.807) is 0 Å². The minimum absolute atomic E-state index is 0.136. The Morgan fingerprint density at radius 1 is 1.16 bits per heavy atom. The summed E-state index contributed by atoms with van der Waals surface area (Å²) >= 11 is 0.773. The van der Waals surface area contributed by atoms with E-state index in [2.05, 4.69) is 4.74 Å². The van der Waals surface area contributed by atoms with E-state index in [9.17, 15) is 28.8 Å². The van der Waals surface area contributed by atoms with Gasteiger partial charge in [-0.05, 0) is 24.3 Å². The van der Waals surface area contributed by atoms with E-state index in [0.717, 1.165) is 17.8 Å². The van der Waals surface area contributed by atoms with Gasteiger partial charge in [-0.15, -0.1) is 0 Å². The highest BCUT2D eigenvalue weighted by Gasteiger charge is 2.11. The maximum absolute atomic E-state index is 12.4. The number of nitrogens with zero attached hydrogens (tertiary/aromatic N) is 1. The van der Waals surface area contributed by atoms with Crippen molar-refractivity contribution < 1.29 is 28.3 Å². The van der Waals surface area contributed by atoms with Crippen LogP contribution in [0, 0.1) is 10.1 Å². The van der Waals surface area contributed by atoms with Crippen molar-refractivity contribution in [3.63, 3.8) is 0 Å². The molecule has 0 aromatic heterocycles. The van der Waals surface area contributed by atoms with Crippen LogP contribution in [0.5, 0.6) is 5.75 Å². The molecule has 0 radical (unpaired) electrons. The van der Waals surface area contributed by atoms with Crippen LogP contribution in [0.15, 0.2) is 58.3 Å². The van der Waals surface area contributed by atoms with E-state index in [0.29, 0.717) is 4.90 Å². The molecule has 0 unspecified atom stereocenters. The third-order valence-corrected chi connectivity index (χ3v) is 3.91. The van der Waals surface area contributed by atoms with Crippen molar-refractivity contribution >= 4 is 29.5 Å². The first-order valence-corrected chi connectivity index (χ1v) is 7.57. The summed E-state index contributed by atoms with van der Waals surface area (Å²) in [7, 11) is 0. The van der Waals surface area contributed by atoms with Crippen LogP contribution in [0.2, 0.25) is 0 Å². The highest BCUT2D eigenvalue weighted by Crippen LogP contribution is 2.31. The normalized spacial score (nSPS) is 11.4. The largest absolute Gasteiger partial charge is 0.544 e. The summed E-state index contributed by atoms with van der Waals surface area (Å²) in [6.07, 6.45) is 1.14. The van der Waals surface area contributed by atoms with E-state index in [4.69, 9.17) is 0 Å². The molecule has 0 aliphatic rings. The number of nitro groups is 1. The van der Waals surface area contributed by atoms with Gasteiger partial charge < -0.3 is 14.6 Å². The van der Waals surface area contributed by atoms with Crippen LogP contribution in [0.1, 0.15) is 5.56 Å². The second-order valence-corrected chi connectivity index (χ2v) is 5.68. The summed E-state index contributed by atoms with van der Waals surface area (Å²) in [6, 6.07) is 10.9. The van der Waals surface area contributed by atoms with Crippen molar-refractivity contribution in [3.05, 3.63) is 69.1 Å². The Hall–Kier alpha value is -2.94. The molecular formula is C16H10F2NO5S-. The van der Waals surface area contributed by atoms with Crippen molar-refractivity contribution in [1.82, 2.24) is 0 Å². The van der Waals surface area contributed by atoms with E-state index >= 15 is 0 Å². The zero-order valence-electron chi connectivity index (χ0n) is 12.4. The molecule has 0 aliphatic carbocycles. The predicted molar refractivity (Wildman–Crippen MR) is 85.0 cm³/mol. The Kier molecular flexibility index (Phi) is 6.07. The highest BCUT2D eigenvalue weighted by molar-refractivity contribution is 8.04. The lowest BCUT2D eigenvalue weighted by Gasteiger charge is -2.11. The SMILES string of the molecule is O=C([O-])/C(=C\c1ccccc1OC(F)F)Sc1ccc([N+](=O)[O-])cc1. The molecule has 2 aromatic rings. The van der Waals surface area contributed by atoms with Crippen LogP contribution in [0.3, 0.4) is 0 Å². The molecule has 0 saturated heterocycles. The number of alkyl halides is 2. The molecule has 0 heterocycles. The van der Waals surface area contributed by atoms with Gasteiger partial charge in [0.05, 0.1) is 10.9 Å². The Labute approximate surface area is 144 Å². The fourth-order valence-electron chi connectivity index (χ4n) is 1.84. The van der Waals surface area contributed by atoms with Gasteiger partial charge in [-0.3, -0.25) is 10.1 Å². The maximum Gasteiger partial charge on any atom is 0.387 e. The second-order valence-electron chi connectivity index (χ2n) is 4.57. The molecule has 2 rings (SSSR count). The molecule has 0 saturated carbocycles. The number of carboxylic acid groups (broad SMARTS) is 1. The molecule has 130 valence electrons. The number of carbonyl (C=O) groups is 1. The molecule has 0 spiro atoms. The number of halogens is 2. The van der Waals surface area contributed by atoms with Crippen LogP contribution in [0.4, 0.5) is 14.5 Å². The van der Waals surface area contributed by atoms with Gasteiger partial charge in [0.1, 0.15) is 5.75 Å². The molecular weight excluding hydrogens is 356 g/mol. The maximum atomic E-state index is 12.4. The standard InChI is InChI=1S/C16H11F2NO5S/c17-16(18)24-13-4-2-1-3-10(13)9-14(15(20)21)25-12-7-5-11(6-8-12)19(22)23/h1-9,16H,(H,20,21)/p-1/b14-9+. The highest BCUT2D eigenvalue weighted by atomic mass is 32.2. The van der Waals surface area contributed by atoms with E-state index in [-0.39, 0.29) is 21.9 Å². The number of non-ortho nitro benzene ring substituents is 1. The van der Waals surface area contributed by atoms with Crippen molar-refractivity contribution in [2.75, 3.05) is 0 Å². The van der Waals surface area contributed by atoms with Crippen molar-refractivity contribution in [3.8, 4) is 5.75 Å². The lowest BCUT2D eigenvalue weighted by molar-refractivity contribution is -0.384. The molecule has 6 nitrogen and oxygen atoms in total. The van der Waals surface area contributed by atoms with Gasteiger partial charge in [-0.1, -0.05) is 30.0 Å².